The highest BCUT2D eigenvalue weighted by atomic mass is 16.6. The van der Waals surface area contributed by atoms with Crippen LogP contribution in [0.1, 0.15) is 79.6 Å². The minimum absolute atomic E-state index is 0.0449. The zero-order valence-electron chi connectivity index (χ0n) is 14.0. The quantitative estimate of drug-likeness (QED) is 0.643. The molecule has 0 radical (unpaired) electrons. The Morgan fingerprint density at radius 1 is 1.05 bits per heavy atom. The van der Waals surface area contributed by atoms with Gasteiger partial charge in [0.2, 0.25) is 0 Å². The third kappa shape index (κ3) is 3.77. The number of hydrogen-bond acceptors (Lipinski definition) is 2. The molecule has 3 rings (SSSR count). The van der Waals surface area contributed by atoms with E-state index in [1.54, 1.807) is 0 Å². The summed E-state index contributed by atoms with van der Waals surface area (Å²) in [5.74, 6) is 2.87. The highest BCUT2D eigenvalue weighted by molar-refractivity contribution is 5.76. The molecule has 0 heterocycles. The van der Waals surface area contributed by atoms with Crippen LogP contribution in [0, 0.1) is 23.2 Å². The van der Waals surface area contributed by atoms with Gasteiger partial charge in [0.05, 0.1) is 5.41 Å². The Labute approximate surface area is 124 Å². The fourth-order valence-corrected chi connectivity index (χ4v) is 3.67. The molecule has 3 aliphatic carbocycles. The first kappa shape index (κ1) is 15.9. The number of esters is 1. The van der Waals surface area contributed by atoms with Gasteiger partial charge < -0.3 is 4.74 Å². The average molecular weight is 280 g/mol. The van der Waals surface area contributed by atoms with Gasteiger partial charge in [0, 0.05) is 0 Å². The second-order valence-electron chi connectivity index (χ2n) is 8.47. The Hall–Kier alpha value is -0.530. The van der Waals surface area contributed by atoms with Gasteiger partial charge in [-0.25, -0.2) is 0 Å². The summed E-state index contributed by atoms with van der Waals surface area (Å²) in [6.45, 7) is 10.1. The number of carbonyl (C=O) groups is 1. The van der Waals surface area contributed by atoms with Gasteiger partial charge in [-0.1, -0.05) is 6.92 Å². The first-order chi connectivity index (χ1) is 9.22. The average Bonchev–Trinajstić information content (AvgIpc) is 2.35. The smallest absolute Gasteiger partial charge is 0.312 e. The number of rotatable bonds is 6. The minimum Gasteiger partial charge on any atom is -0.459 e. The van der Waals surface area contributed by atoms with Crippen molar-refractivity contribution in [3.05, 3.63) is 0 Å². The maximum atomic E-state index is 12.2. The molecule has 2 bridgehead atoms. The zero-order chi connectivity index (χ0) is 15.0. The van der Waals surface area contributed by atoms with Crippen LogP contribution in [0.5, 0.6) is 0 Å². The van der Waals surface area contributed by atoms with Gasteiger partial charge in [0.15, 0.2) is 0 Å². The second-order valence-corrected chi connectivity index (χ2v) is 8.47. The number of fused-ring (bicyclic) bond motifs is 2. The van der Waals surface area contributed by atoms with Crippen LogP contribution in [0.15, 0.2) is 0 Å². The molecule has 0 saturated heterocycles. The molecule has 0 aromatic rings. The molecule has 0 unspecified atom stereocenters. The van der Waals surface area contributed by atoms with E-state index in [-0.39, 0.29) is 17.0 Å². The third-order valence-electron chi connectivity index (χ3n) is 5.63. The van der Waals surface area contributed by atoms with Gasteiger partial charge >= 0.3 is 5.97 Å². The van der Waals surface area contributed by atoms with Crippen LogP contribution in [-0.2, 0) is 9.53 Å². The molecular weight excluding hydrogens is 248 g/mol. The van der Waals surface area contributed by atoms with Crippen molar-refractivity contribution in [2.75, 3.05) is 0 Å². The van der Waals surface area contributed by atoms with E-state index >= 15 is 0 Å². The van der Waals surface area contributed by atoms with Crippen LogP contribution in [-0.4, -0.2) is 11.6 Å². The highest BCUT2D eigenvalue weighted by Gasteiger charge is 2.39. The molecule has 3 saturated carbocycles. The molecule has 0 spiro atoms. The summed E-state index contributed by atoms with van der Waals surface area (Å²) in [6, 6.07) is 0. The lowest BCUT2D eigenvalue weighted by Gasteiger charge is -2.46. The molecule has 3 fully saturated rings. The molecule has 0 aliphatic heterocycles. The van der Waals surface area contributed by atoms with Crippen LogP contribution in [0.3, 0.4) is 0 Å². The zero-order valence-corrected chi connectivity index (χ0v) is 14.0. The summed E-state index contributed by atoms with van der Waals surface area (Å²) in [7, 11) is 0. The Morgan fingerprint density at radius 3 is 2.10 bits per heavy atom. The maximum absolute atomic E-state index is 12.2. The molecule has 2 nitrogen and oxygen atoms in total. The summed E-state index contributed by atoms with van der Waals surface area (Å²) >= 11 is 0. The topological polar surface area (TPSA) is 26.3 Å². The second kappa shape index (κ2) is 5.69. The van der Waals surface area contributed by atoms with E-state index in [9.17, 15) is 4.79 Å². The lowest BCUT2D eigenvalue weighted by Crippen LogP contribution is -2.37. The monoisotopic (exact) mass is 280 g/mol. The summed E-state index contributed by atoms with van der Waals surface area (Å²) in [5, 5.41) is 0. The van der Waals surface area contributed by atoms with Crippen LogP contribution in [0.2, 0.25) is 0 Å². The van der Waals surface area contributed by atoms with E-state index < -0.39 is 0 Å². The van der Waals surface area contributed by atoms with Crippen molar-refractivity contribution in [1.82, 2.24) is 0 Å². The fourth-order valence-electron chi connectivity index (χ4n) is 3.67. The molecule has 20 heavy (non-hydrogen) atoms. The van der Waals surface area contributed by atoms with Crippen LogP contribution >= 0.6 is 0 Å². The Bertz CT molecular complexity index is 340. The van der Waals surface area contributed by atoms with E-state index in [1.807, 2.05) is 20.8 Å². The van der Waals surface area contributed by atoms with Gasteiger partial charge in [-0.05, 0) is 90.4 Å². The van der Waals surface area contributed by atoms with Gasteiger partial charge in [-0.15, -0.1) is 0 Å². The van der Waals surface area contributed by atoms with E-state index in [0.717, 1.165) is 30.6 Å². The third-order valence-corrected chi connectivity index (χ3v) is 5.63. The van der Waals surface area contributed by atoms with Crippen molar-refractivity contribution in [2.45, 2.75) is 85.2 Å². The molecule has 116 valence electrons. The first-order valence-corrected chi connectivity index (χ1v) is 8.45. The van der Waals surface area contributed by atoms with E-state index in [4.69, 9.17) is 4.74 Å². The van der Waals surface area contributed by atoms with Crippen molar-refractivity contribution in [2.24, 2.45) is 23.2 Å². The number of hydrogen-bond donors (Lipinski definition) is 0. The lowest BCUT2D eigenvalue weighted by molar-refractivity contribution is -0.168. The Morgan fingerprint density at radius 2 is 1.60 bits per heavy atom. The SMILES string of the molecule is CCC(C)(C)C(=O)OC(C)(C)CCC1CC2CC(C1)C2. The molecular formula is C18H32O2. The summed E-state index contributed by atoms with van der Waals surface area (Å²) in [4.78, 5) is 12.2. The molecule has 0 atom stereocenters. The van der Waals surface area contributed by atoms with Crippen molar-refractivity contribution >= 4 is 5.97 Å². The minimum atomic E-state index is -0.357. The Kier molecular flexibility index (Phi) is 4.51. The molecule has 0 amide bonds. The van der Waals surface area contributed by atoms with Crippen LogP contribution in [0.4, 0.5) is 0 Å². The fraction of sp³-hybridized carbons (Fsp3) is 0.944. The summed E-state index contributed by atoms with van der Waals surface area (Å²) < 4.78 is 5.78. The predicted octanol–water partition coefficient (Wildman–Crippen LogP) is 4.96. The van der Waals surface area contributed by atoms with Crippen molar-refractivity contribution < 1.29 is 9.53 Å². The largest absolute Gasteiger partial charge is 0.459 e. The van der Waals surface area contributed by atoms with Gasteiger partial charge in [-0.2, -0.15) is 0 Å². The summed E-state index contributed by atoms with van der Waals surface area (Å²) in [5.41, 5.74) is -0.672. The number of ether oxygens (including phenoxy) is 1. The Balaban J connectivity index is 1.77. The number of carbonyl (C=O) groups excluding carboxylic acids is 1. The van der Waals surface area contributed by atoms with Crippen LogP contribution < -0.4 is 0 Å². The van der Waals surface area contributed by atoms with Gasteiger partial charge in [-0.3, -0.25) is 4.79 Å². The molecule has 2 heteroatoms. The lowest BCUT2D eigenvalue weighted by atomic mass is 9.60. The van der Waals surface area contributed by atoms with E-state index in [1.165, 1.54) is 32.1 Å². The normalized spacial score (nSPS) is 29.8. The van der Waals surface area contributed by atoms with Crippen molar-refractivity contribution in [3.63, 3.8) is 0 Å². The standard InChI is InChI=1S/C18H32O2/c1-6-17(2,3)16(19)20-18(4,5)8-7-13-9-14-11-15(10-13)12-14/h13-15H,6-12H2,1-5H3. The van der Waals surface area contributed by atoms with E-state index in [0.29, 0.717) is 0 Å². The van der Waals surface area contributed by atoms with Crippen LogP contribution in [0.25, 0.3) is 0 Å². The molecule has 3 aliphatic rings. The predicted molar refractivity (Wildman–Crippen MR) is 82.4 cm³/mol. The maximum Gasteiger partial charge on any atom is 0.312 e. The summed E-state index contributed by atoms with van der Waals surface area (Å²) in [6.07, 6.45) is 8.86. The van der Waals surface area contributed by atoms with E-state index in [2.05, 4.69) is 13.8 Å². The molecule has 0 aromatic heterocycles. The van der Waals surface area contributed by atoms with Gasteiger partial charge in [0.25, 0.3) is 0 Å². The molecule has 0 N–H and O–H groups in total. The van der Waals surface area contributed by atoms with Gasteiger partial charge in [0.1, 0.15) is 5.60 Å². The highest BCUT2D eigenvalue weighted by Crippen LogP contribution is 2.49. The van der Waals surface area contributed by atoms with Crippen molar-refractivity contribution in [3.8, 4) is 0 Å². The van der Waals surface area contributed by atoms with Crippen molar-refractivity contribution in [1.29, 1.82) is 0 Å². The molecule has 0 aromatic carbocycles. The first-order valence-electron chi connectivity index (χ1n) is 8.45.